The van der Waals surface area contributed by atoms with Crippen LogP contribution in [0.15, 0.2) is 48.0 Å². The molecule has 60 heavy (non-hydrogen) atoms. The van der Waals surface area contributed by atoms with Crippen LogP contribution in [-0.2, 0) is 4.74 Å². The van der Waals surface area contributed by atoms with Crippen molar-refractivity contribution in [1.82, 2.24) is 0 Å². The molecule has 7 heteroatoms. The molecule has 4 aliphatic rings. The topological polar surface area (TPSA) is 61.8 Å². The van der Waals surface area contributed by atoms with E-state index in [2.05, 4.69) is 47.6 Å². The number of halogens is 2. The molecule has 6 rings (SSSR count). The third kappa shape index (κ3) is 11.0. The third-order valence-corrected chi connectivity index (χ3v) is 15.8. The smallest absolute Gasteiger partial charge is 0.343 e. The van der Waals surface area contributed by atoms with E-state index >= 15 is 4.39 Å². The molecule has 4 aliphatic carbocycles. The number of hydrogen-bond acceptors (Lipinski definition) is 5. The molecule has 0 spiro atoms. The van der Waals surface area contributed by atoms with Crippen molar-refractivity contribution >= 4 is 11.9 Å². The van der Waals surface area contributed by atoms with Gasteiger partial charge in [0.1, 0.15) is 17.7 Å². The molecule has 0 radical (unpaired) electrons. The molecule has 2 aromatic carbocycles. The SMILES string of the molecule is CCCCCCCCCCCCOc1ccc(C(=O)Oc2ccc(C(=O)O[C@H]3CC[C@@]4(C)C(=CC[C@H]5[C@@H]6CC[C@H]([C@H](C)CCCC(C)C)[C@@]6(C)CC[C@@H]54)C3)c(F)c2)cc1F. The van der Waals surface area contributed by atoms with Crippen LogP contribution in [0.1, 0.15) is 197 Å². The predicted octanol–water partition coefficient (Wildman–Crippen LogP) is 15.1. The van der Waals surface area contributed by atoms with Crippen LogP contribution in [0.2, 0.25) is 0 Å². The van der Waals surface area contributed by atoms with E-state index in [-0.39, 0.29) is 34.1 Å². The summed E-state index contributed by atoms with van der Waals surface area (Å²) in [5, 5.41) is 0. The first-order valence-electron chi connectivity index (χ1n) is 24.2. The van der Waals surface area contributed by atoms with Crippen LogP contribution in [0.4, 0.5) is 8.78 Å². The van der Waals surface area contributed by atoms with E-state index in [1.807, 2.05) is 0 Å². The number of allylic oxidation sites excluding steroid dienone is 1. The Labute approximate surface area is 361 Å². The second-order valence-corrected chi connectivity index (χ2v) is 20.3. The lowest BCUT2D eigenvalue weighted by Crippen LogP contribution is -2.51. The van der Waals surface area contributed by atoms with Crippen LogP contribution < -0.4 is 9.47 Å². The lowest BCUT2D eigenvalue weighted by Gasteiger charge is -2.58. The zero-order chi connectivity index (χ0) is 42.9. The van der Waals surface area contributed by atoms with Gasteiger partial charge in [0, 0.05) is 12.5 Å². The molecule has 0 amide bonds. The van der Waals surface area contributed by atoms with Crippen molar-refractivity contribution in [2.75, 3.05) is 6.61 Å². The van der Waals surface area contributed by atoms with E-state index < -0.39 is 23.6 Å². The normalized spacial score (nSPS) is 27.7. The minimum atomic E-state index is -0.833. The van der Waals surface area contributed by atoms with Crippen LogP contribution in [0.25, 0.3) is 0 Å². The number of ether oxygens (including phenoxy) is 3. The van der Waals surface area contributed by atoms with Crippen LogP contribution in [0.5, 0.6) is 11.5 Å². The fourth-order valence-corrected chi connectivity index (χ4v) is 12.4. The Morgan fingerprint density at radius 3 is 2.20 bits per heavy atom. The van der Waals surface area contributed by atoms with Crippen molar-refractivity contribution in [3.05, 3.63) is 70.8 Å². The Balaban J connectivity index is 0.957. The highest BCUT2D eigenvalue weighted by molar-refractivity contribution is 5.92. The van der Waals surface area contributed by atoms with Gasteiger partial charge in [0.05, 0.1) is 17.7 Å². The maximum absolute atomic E-state index is 15.4. The number of carbonyl (C=O) groups excluding carboxylic acids is 2. The van der Waals surface area contributed by atoms with Gasteiger partial charge >= 0.3 is 11.9 Å². The van der Waals surface area contributed by atoms with Crippen molar-refractivity contribution in [3.8, 4) is 11.5 Å². The number of carbonyl (C=O) groups is 2. The average molecular weight is 831 g/mol. The summed E-state index contributed by atoms with van der Waals surface area (Å²) in [5.41, 5.74) is 1.76. The van der Waals surface area contributed by atoms with Crippen molar-refractivity contribution in [3.63, 3.8) is 0 Å². The van der Waals surface area contributed by atoms with Crippen molar-refractivity contribution in [2.45, 2.75) is 182 Å². The Morgan fingerprint density at radius 2 is 1.50 bits per heavy atom. The lowest BCUT2D eigenvalue weighted by molar-refractivity contribution is -0.0595. The van der Waals surface area contributed by atoms with E-state index in [0.717, 1.165) is 80.2 Å². The van der Waals surface area contributed by atoms with Crippen LogP contribution in [-0.4, -0.2) is 24.6 Å². The minimum Gasteiger partial charge on any atom is -0.491 e. The first-order chi connectivity index (χ1) is 28.8. The Kier molecular flexibility index (Phi) is 16.4. The second kappa shape index (κ2) is 21.2. The summed E-state index contributed by atoms with van der Waals surface area (Å²) >= 11 is 0. The highest BCUT2D eigenvalue weighted by Gasteiger charge is 2.59. The first-order valence-corrected chi connectivity index (χ1v) is 24.2. The monoisotopic (exact) mass is 831 g/mol. The highest BCUT2D eigenvalue weighted by Crippen LogP contribution is 2.67. The third-order valence-electron chi connectivity index (χ3n) is 15.8. The highest BCUT2D eigenvalue weighted by atomic mass is 19.1. The van der Waals surface area contributed by atoms with Crippen molar-refractivity contribution < 1.29 is 32.6 Å². The molecular weight excluding hydrogens is 755 g/mol. The molecule has 332 valence electrons. The molecule has 0 unspecified atom stereocenters. The largest absolute Gasteiger partial charge is 0.491 e. The van der Waals surface area contributed by atoms with Crippen molar-refractivity contribution in [2.24, 2.45) is 46.3 Å². The van der Waals surface area contributed by atoms with E-state index in [9.17, 15) is 14.0 Å². The molecule has 0 N–H and O–H groups in total. The van der Waals surface area contributed by atoms with Gasteiger partial charge in [-0.05, 0) is 128 Å². The van der Waals surface area contributed by atoms with Crippen LogP contribution in [0.3, 0.4) is 0 Å². The van der Waals surface area contributed by atoms with Crippen LogP contribution in [0, 0.1) is 58.0 Å². The van der Waals surface area contributed by atoms with Gasteiger partial charge in [-0.2, -0.15) is 0 Å². The summed E-state index contributed by atoms with van der Waals surface area (Å²) < 4.78 is 47.2. The summed E-state index contributed by atoms with van der Waals surface area (Å²) in [6.07, 6.45) is 27.1. The number of fused-ring (bicyclic) bond motifs is 5. The van der Waals surface area contributed by atoms with Gasteiger partial charge in [-0.15, -0.1) is 0 Å². The van der Waals surface area contributed by atoms with E-state index in [1.54, 1.807) is 0 Å². The summed E-state index contributed by atoms with van der Waals surface area (Å²) in [7, 11) is 0. The molecule has 3 saturated carbocycles. The molecule has 0 aromatic heterocycles. The van der Waals surface area contributed by atoms with Gasteiger partial charge in [-0.3, -0.25) is 0 Å². The Hall–Kier alpha value is -3.22. The summed E-state index contributed by atoms with van der Waals surface area (Å²) in [6.45, 7) is 14.9. The predicted molar refractivity (Wildman–Crippen MR) is 237 cm³/mol. The fraction of sp³-hybridized carbons (Fsp3) is 0.698. The molecule has 5 nitrogen and oxygen atoms in total. The number of esters is 2. The fourth-order valence-electron chi connectivity index (χ4n) is 12.4. The molecule has 0 aliphatic heterocycles. The van der Waals surface area contributed by atoms with E-state index in [4.69, 9.17) is 14.2 Å². The van der Waals surface area contributed by atoms with Gasteiger partial charge in [0.15, 0.2) is 11.6 Å². The van der Waals surface area contributed by atoms with Gasteiger partial charge in [-0.1, -0.05) is 130 Å². The lowest BCUT2D eigenvalue weighted by atomic mass is 9.47. The van der Waals surface area contributed by atoms with Gasteiger partial charge in [0.2, 0.25) is 0 Å². The summed E-state index contributed by atoms with van der Waals surface area (Å²) in [4.78, 5) is 26.2. The quantitative estimate of drug-likeness (QED) is 0.0543. The molecule has 8 atom stereocenters. The van der Waals surface area contributed by atoms with Gasteiger partial charge in [-0.25, -0.2) is 18.4 Å². The number of unbranched alkanes of at least 4 members (excludes halogenated alkanes) is 9. The maximum atomic E-state index is 15.4. The van der Waals surface area contributed by atoms with Gasteiger partial charge in [0.25, 0.3) is 0 Å². The first kappa shape index (κ1) is 46.3. The molecule has 2 aromatic rings. The Bertz CT molecular complexity index is 1770. The Morgan fingerprint density at radius 1 is 0.767 bits per heavy atom. The zero-order valence-electron chi connectivity index (χ0n) is 37.9. The standard InChI is InChI=1S/C53H76F2O5/c1-7-8-9-10-11-12-13-14-15-16-32-58-49-27-20-38(33-48(49)55)50(56)59-40-22-24-43(47(54)35-40)51(57)60-41-28-30-52(5)39(34-41)21-23-42-45-26-25-44(37(4)19-17-18-36(2)3)53(45,6)31-29-46(42)52/h20-22,24,27,33,35-37,41-42,44-46H,7-19,23,25-26,28-32,34H2,1-6H3/t37-,41+,42+,44-,45+,46+,52+,53-/m1/s1. The molecule has 0 bridgehead atoms. The van der Waals surface area contributed by atoms with E-state index in [1.165, 1.54) is 120 Å². The van der Waals surface area contributed by atoms with Crippen molar-refractivity contribution in [1.29, 1.82) is 0 Å². The molecule has 0 heterocycles. The van der Waals surface area contributed by atoms with Gasteiger partial charge < -0.3 is 14.2 Å². The number of benzene rings is 2. The second-order valence-electron chi connectivity index (χ2n) is 20.3. The summed E-state index contributed by atoms with van der Waals surface area (Å²) in [6, 6.07) is 7.60. The minimum absolute atomic E-state index is 0.0212. The summed E-state index contributed by atoms with van der Waals surface area (Å²) in [5.74, 6) is 1.55. The maximum Gasteiger partial charge on any atom is 0.343 e. The number of rotatable bonds is 21. The van der Waals surface area contributed by atoms with E-state index in [0.29, 0.717) is 24.4 Å². The van der Waals surface area contributed by atoms with Crippen LogP contribution >= 0.6 is 0 Å². The average Bonchev–Trinajstić information content (AvgIpc) is 3.57. The number of hydrogen-bond donors (Lipinski definition) is 0. The molecule has 0 saturated heterocycles. The molecular formula is C53H76F2O5. The molecule has 3 fully saturated rings. The zero-order valence-corrected chi connectivity index (χ0v) is 37.9.